The molecule has 1 aliphatic rings. The van der Waals surface area contributed by atoms with E-state index in [4.69, 9.17) is 0 Å². The molecule has 4 nitrogen and oxygen atoms in total. The number of hydrogen-bond donors (Lipinski definition) is 1. The molecule has 0 saturated carbocycles. The molecule has 1 atom stereocenters. The van der Waals surface area contributed by atoms with E-state index in [0.717, 1.165) is 29.7 Å². The van der Waals surface area contributed by atoms with E-state index >= 15 is 0 Å². The highest BCUT2D eigenvalue weighted by molar-refractivity contribution is 7.10. The first-order chi connectivity index (χ1) is 16.2. The molecule has 0 aliphatic carbocycles. The smallest absolute Gasteiger partial charge is 0.352 e. The molecular weight excluding hydrogens is 461 g/mol. The maximum absolute atomic E-state index is 13.2. The van der Waals surface area contributed by atoms with Crippen LogP contribution in [0, 0.1) is 6.92 Å². The third-order valence-electron chi connectivity index (χ3n) is 6.09. The molecule has 4 rings (SSSR count). The van der Waals surface area contributed by atoms with Gasteiger partial charge in [0.1, 0.15) is 0 Å². The van der Waals surface area contributed by atoms with Crippen LogP contribution in [0.25, 0.3) is 0 Å². The standard InChI is InChI=1S/C26H25F3N2O2S/c1-17-21-12-13-31(25(22(21)16-34-17)19-7-3-2-4-8-19)24(33)11-10-23(32)30-15-18-6-5-9-20(14-18)26(27,28)29/h2-9,14,16,25H,10-13,15H2,1H3,(H,30,32). The molecule has 2 aromatic carbocycles. The first-order valence-electron chi connectivity index (χ1n) is 11.1. The average molecular weight is 487 g/mol. The Labute approximate surface area is 200 Å². The van der Waals surface area contributed by atoms with Crippen molar-refractivity contribution in [3.63, 3.8) is 0 Å². The van der Waals surface area contributed by atoms with Gasteiger partial charge in [0.05, 0.1) is 11.6 Å². The lowest BCUT2D eigenvalue weighted by Crippen LogP contribution is -2.40. The van der Waals surface area contributed by atoms with Gasteiger partial charge >= 0.3 is 6.18 Å². The van der Waals surface area contributed by atoms with Crippen LogP contribution in [-0.2, 0) is 28.7 Å². The molecule has 1 N–H and O–H groups in total. The summed E-state index contributed by atoms with van der Waals surface area (Å²) in [7, 11) is 0. The van der Waals surface area contributed by atoms with Crippen LogP contribution >= 0.6 is 11.3 Å². The number of rotatable bonds is 6. The van der Waals surface area contributed by atoms with Gasteiger partial charge in [0, 0.05) is 30.8 Å². The van der Waals surface area contributed by atoms with Gasteiger partial charge in [-0.05, 0) is 53.1 Å². The zero-order valence-electron chi connectivity index (χ0n) is 18.7. The van der Waals surface area contributed by atoms with Crippen molar-refractivity contribution in [3.05, 3.63) is 92.7 Å². The molecule has 0 fully saturated rings. The monoisotopic (exact) mass is 486 g/mol. The maximum Gasteiger partial charge on any atom is 0.416 e. The van der Waals surface area contributed by atoms with E-state index in [0.29, 0.717) is 12.1 Å². The molecule has 3 aromatic rings. The lowest BCUT2D eigenvalue weighted by atomic mass is 9.90. The van der Waals surface area contributed by atoms with Crippen molar-refractivity contribution in [2.75, 3.05) is 6.54 Å². The molecular formula is C26H25F3N2O2S. The number of halogens is 3. The van der Waals surface area contributed by atoms with Crippen LogP contribution in [0.15, 0.2) is 60.0 Å². The van der Waals surface area contributed by atoms with Crippen molar-refractivity contribution < 1.29 is 22.8 Å². The number of aryl methyl sites for hydroxylation is 1. The van der Waals surface area contributed by atoms with Crippen LogP contribution in [0.5, 0.6) is 0 Å². The van der Waals surface area contributed by atoms with Crippen molar-refractivity contribution in [3.8, 4) is 0 Å². The van der Waals surface area contributed by atoms with Gasteiger partial charge < -0.3 is 10.2 Å². The minimum Gasteiger partial charge on any atom is -0.352 e. The minimum atomic E-state index is -4.43. The van der Waals surface area contributed by atoms with Crippen molar-refractivity contribution in [1.29, 1.82) is 0 Å². The average Bonchev–Trinajstić information content (AvgIpc) is 3.21. The second kappa shape index (κ2) is 10.0. The molecule has 0 radical (unpaired) electrons. The summed E-state index contributed by atoms with van der Waals surface area (Å²) in [6, 6.07) is 14.5. The molecule has 1 unspecified atom stereocenters. The summed E-state index contributed by atoms with van der Waals surface area (Å²) in [5.41, 5.74) is 3.07. The van der Waals surface area contributed by atoms with Gasteiger partial charge in [-0.2, -0.15) is 13.2 Å². The van der Waals surface area contributed by atoms with E-state index in [-0.39, 0.29) is 37.2 Å². The minimum absolute atomic E-state index is 0.0225. The Morgan fingerprint density at radius 2 is 1.85 bits per heavy atom. The summed E-state index contributed by atoms with van der Waals surface area (Å²) in [4.78, 5) is 28.6. The fraction of sp³-hybridized carbons (Fsp3) is 0.308. The van der Waals surface area contributed by atoms with Crippen LogP contribution in [0.3, 0.4) is 0 Å². The predicted molar refractivity (Wildman–Crippen MR) is 125 cm³/mol. The highest BCUT2D eigenvalue weighted by Crippen LogP contribution is 2.39. The number of thiophene rings is 1. The van der Waals surface area contributed by atoms with Gasteiger partial charge in [-0.3, -0.25) is 9.59 Å². The topological polar surface area (TPSA) is 49.4 Å². The van der Waals surface area contributed by atoms with E-state index < -0.39 is 11.7 Å². The SMILES string of the molecule is Cc1scc2c1CCN(C(=O)CCC(=O)NCc1cccc(C(F)(F)F)c1)C2c1ccccc1. The van der Waals surface area contributed by atoms with E-state index in [9.17, 15) is 22.8 Å². The summed E-state index contributed by atoms with van der Waals surface area (Å²) in [5, 5.41) is 4.74. The second-order valence-corrected chi connectivity index (χ2v) is 9.43. The molecule has 2 heterocycles. The van der Waals surface area contributed by atoms with Gasteiger partial charge in [-0.1, -0.05) is 42.5 Å². The molecule has 34 heavy (non-hydrogen) atoms. The normalized spacial score (nSPS) is 15.6. The third kappa shape index (κ3) is 5.33. The number of amides is 2. The maximum atomic E-state index is 13.2. The number of carbonyl (C=O) groups excluding carboxylic acids is 2. The Kier molecular flexibility index (Phi) is 7.07. The van der Waals surface area contributed by atoms with Crippen LogP contribution in [0.1, 0.15) is 51.6 Å². The molecule has 0 saturated heterocycles. The van der Waals surface area contributed by atoms with E-state index in [1.807, 2.05) is 35.2 Å². The number of fused-ring (bicyclic) bond motifs is 1. The van der Waals surface area contributed by atoms with Crippen molar-refractivity contribution >= 4 is 23.2 Å². The fourth-order valence-electron chi connectivity index (χ4n) is 4.35. The van der Waals surface area contributed by atoms with Gasteiger partial charge in [0.2, 0.25) is 11.8 Å². The molecule has 1 aromatic heterocycles. The van der Waals surface area contributed by atoms with E-state index in [1.165, 1.54) is 22.6 Å². The number of hydrogen-bond acceptors (Lipinski definition) is 3. The van der Waals surface area contributed by atoms with Crippen molar-refractivity contribution in [2.45, 2.75) is 44.9 Å². The first kappa shape index (κ1) is 24.0. The fourth-order valence-corrected chi connectivity index (χ4v) is 5.29. The van der Waals surface area contributed by atoms with Crippen LogP contribution in [-0.4, -0.2) is 23.3 Å². The zero-order valence-corrected chi connectivity index (χ0v) is 19.5. The van der Waals surface area contributed by atoms with Gasteiger partial charge in [-0.25, -0.2) is 0 Å². The summed E-state index contributed by atoms with van der Waals surface area (Å²) in [6.07, 6.45) is -3.64. The Balaban J connectivity index is 1.39. The van der Waals surface area contributed by atoms with Gasteiger partial charge in [-0.15, -0.1) is 11.3 Å². The second-order valence-electron chi connectivity index (χ2n) is 8.35. The Morgan fingerprint density at radius 1 is 1.09 bits per heavy atom. The number of nitrogens with one attached hydrogen (secondary N) is 1. The summed E-state index contributed by atoms with van der Waals surface area (Å²) in [5.74, 6) is -0.483. The summed E-state index contributed by atoms with van der Waals surface area (Å²) < 4.78 is 38.6. The lowest BCUT2D eigenvalue weighted by molar-refractivity contribution is -0.137. The highest BCUT2D eigenvalue weighted by Gasteiger charge is 2.33. The number of alkyl halides is 3. The number of benzene rings is 2. The first-order valence-corrected chi connectivity index (χ1v) is 12.0. The van der Waals surface area contributed by atoms with Crippen LogP contribution < -0.4 is 5.32 Å². The van der Waals surface area contributed by atoms with Crippen LogP contribution in [0.2, 0.25) is 0 Å². The molecule has 2 amide bonds. The Morgan fingerprint density at radius 3 is 2.59 bits per heavy atom. The summed E-state index contributed by atoms with van der Waals surface area (Å²) >= 11 is 1.69. The van der Waals surface area contributed by atoms with Crippen molar-refractivity contribution in [2.24, 2.45) is 0 Å². The lowest BCUT2D eigenvalue weighted by Gasteiger charge is -2.37. The van der Waals surface area contributed by atoms with E-state index in [2.05, 4.69) is 17.6 Å². The largest absolute Gasteiger partial charge is 0.416 e. The van der Waals surface area contributed by atoms with Gasteiger partial charge in [0.25, 0.3) is 0 Å². The Bertz CT molecular complexity index is 1170. The Hall–Kier alpha value is -3.13. The molecule has 8 heteroatoms. The third-order valence-corrected chi connectivity index (χ3v) is 7.06. The number of carbonyl (C=O) groups is 2. The number of nitrogens with zero attached hydrogens (tertiary/aromatic N) is 1. The summed E-state index contributed by atoms with van der Waals surface area (Å²) in [6.45, 7) is 2.65. The quantitative estimate of drug-likeness (QED) is 0.490. The molecule has 1 aliphatic heterocycles. The van der Waals surface area contributed by atoms with E-state index in [1.54, 1.807) is 11.3 Å². The molecule has 178 valence electrons. The van der Waals surface area contributed by atoms with Gasteiger partial charge in [0.15, 0.2) is 0 Å². The van der Waals surface area contributed by atoms with Crippen molar-refractivity contribution in [1.82, 2.24) is 10.2 Å². The predicted octanol–water partition coefficient (Wildman–Crippen LogP) is 5.65. The highest BCUT2D eigenvalue weighted by atomic mass is 32.1. The molecule has 0 bridgehead atoms. The zero-order chi connectivity index (χ0) is 24.3. The molecule has 0 spiro atoms. The van der Waals surface area contributed by atoms with Crippen LogP contribution in [0.4, 0.5) is 13.2 Å².